The van der Waals surface area contributed by atoms with Gasteiger partial charge in [-0.25, -0.2) is 0 Å². The minimum Gasteiger partial charge on any atom is -0.355 e. The van der Waals surface area contributed by atoms with Gasteiger partial charge in [-0.3, -0.25) is 4.79 Å². The Balaban J connectivity index is 0.00000128. The molecule has 3 nitrogen and oxygen atoms in total. The van der Waals surface area contributed by atoms with Crippen molar-refractivity contribution in [3.8, 4) is 0 Å². The molecule has 2 atom stereocenters. The van der Waals surface area contributed by atoms with Crippen LogP contribution < -0.4 is 10.6 Å². The lowest BCUT2D eigenvalue weighted by Crippen LogP contribution is -2.39. The van der Waals surface area contributed by atoms with Crippen LogP contribution in [0.4, 0.5) is 0 Å². The van der Waals surface area contributed by atoms with Crippen molar-refractivity contribution in [2.75, 3.05) is 13.1 Å². The normalized spacial score (nSPS) is 30.6. The van der Waals surface area contributed by atoms with E-state index >= 15 is 0 Å². The molecule has 1 amide bonds. The molecule has 0 bridgehead atoms. The van der Waals surface area contributed by atoms with Crippen molar-refractivity contribution in [3.63, 3.8) is 0 Å². The van der Waals surface area contributed by atoms with Gasteiger partial charge in [0.15, 0.2) is 0 Å². The van der Waals surface area contributed by atoms with Crippen LogP contribution in [-0.4, -0.2) is 25.0 Å². The van der Waals surface area contributed by atoms with Crippen LogP contribution >= 0.6 is 12.4 Å². The van der Waals surface area contributed by atoms with E-state index in [1.807, 2.05) is 0 Å². The van der Waals surface area contributed by atoms with Crippen molar-refractivity contribution >= 4 is 18.3 Å². The Kier molecular flexibility index (Phi) is 4.62. The third-order valence-corrected chi connectivity index (χ3v) is 3.92. The van der Waals surface area contributed by atoms with Crippen molar-refractivity contribution in [2.24, 2.45) is 11.3 Å². The second-order valence-corrected chi connectivity index (χ2v) is 5.39. The fourth-order valence-electron chi connectivity index (χ4n) is 2.33. The summed E-state index contributed by atoms with van der Waals surface area (Å²) in [6, 6.07) is 0.400. The van der Waals surface area contributed by atoms with Crippen LogP contribution in [-0.2, 0) is 4.79 Å². The highest BCUT2D eigenvalue weighted by molar-refractivity contribution is 5.85. The summed E-state index contributed by atoms with van der Waals surface area (Å²) in [7, 11) is 0. The van der Waals surface area contributed by atoms with Crippen LogP contribution in [0.5, 0.6) is 0 Å². The number of carbonyl (C=O) groups is 1. The average molecular weight is 247 g/mol. The largest absolute Gasteiger partial charge is 0.355 e. The van der Waals surface area contributed by atoms with E-state index in [-0.39, 0.29) is 24.2 Å². The van der Waals surface area contributed by atoms with Gasteiger partial charge < -0.3 is 10.6 Å². The summed E-state index contributed by atoms with van der Waals surface area (Å²) >= 11 is 0. The standard InChI is InChI=1S/C12H22N2O.ClH/c1-3-10-9(4-7-13-10)11(15)14-8-12(2)5-6-12;/h9-10,13H,3-8H2,1-2H3,(H,14,15);1H. The van der Waals surface area contributed by atoms with Gasteiger partial charge in [0, 0.05) is 12.6 Å². The second-order valence-electron chi connectivity index (χ2n) is 5.39. The van der Waals surface area contributed by atoms with Gasteiger partial charge in [-0.1, -0.05) is 13.8 Å². The highest BCUT2D eigenvalue weighted by atomic mass is 35.5. The summed E-state index contributed by atoms with van der Waals surface area (Å²) in [5, 5.41) is 6.50. The summed E-state index contributed by atoms with van der Waals surface area (Å²) in [5.74, 6) is 0.470. The molecule has 0 spiro atoms. The van der Waals surface area contributed by atoms with Crippen molar-refractivity contribution in [1.82, 2.24) is 10.6 Å². The molecule has 0 aromatic rings. The third kappa shape index (κ3) is 3.11. The topological polar surface area (TPSA) is 41.1 Å². The van der Waals surface area contributed by atoms with Crippen LogP contribution in [0.15, 0.2) is 0 Å². The first-order valence-corrected chi connectivity index (χ1v) is 6.16. The van der Waals surface area contributed by atoms with E-state index in [0.29, 0.717) is 11.5 Å². The third-order valence-electron chi connectivity index (χ3n) is 3.92. The zero-order chi connectivity index (χ0) is 10.9. The van der Waals surface area contributed by atoms with Gasteiger partial charge in [0.2, 0.25) is 5.91 Å². The van der Waals surface area contributed by atoms with Gasteiger partial charge in [0.1, 0.15) is 0 Å². The molecule has 16 heavy (non-hydrogen) atoms. The zero-order valence-corrected chi connectivity index (χ0v) is 11.0. The highest BCUT2D eigenvalue weighted by Crippen LogP contribution is 2.44. The van der Waals surface area contributed by atoms with Crippen LogP contribution in [0.2, 0.25) is 0 Å². The van der Waals surface area contributed by atoms with E-state index < -0.39 is 0 Å². The van der Waals surface area contributed by atoms with Gasteiger partial charge in [-0.2, -0.15) is 0 Å². The number of halogens is 1. The van der Waals surface area contributed by atoms with Gasteiger partial charge >= 0.3 is 0 Å². The van der Waals surface area contributed by atoms with Crippen molar-refractivity contribution in [2.45, 2.75) is 45.6 Å². The maximum Gasteiger partial charge on any atom is 0.224 e. The summed E-state index contributed by atoms with van der Waals surface area (Å²) in [5.41, 5.74) is 0.420. The Morgan fingerprint density at radius 1 is 1.50 bits per heavy atom. The van der Waals surface area contributed by atoms with Crippen LogP contribution in [0.1, 0.15) is 39.5 Å². The molecule has 2 fully saturated rings. The lowest BCUT2D eigenvalue weighted by molar-refractivity contribution is -0.125. The van der Waals surface area contributed by atoms with Crippen molar-refractivity contribution in [1.29, 1.82) is 0 Å². The maximum absolute atomic E-state index is 11.9. The lowest BCUT2D eigenvalue weighted by Gasteiger charge is -2.18. The van der Waals surface area contributed by atoms with Gasteiger partial charge in [-0.15, -0.1) is 12.4 Å². The van der Waals surface area contributed by atoms with Gasteiger partial charge in [0.05, 0.1) is 5.92 Å². The molecular formula is C12H23ClN2O. The quantitative estimate of drug-likeness (QED) is 0.793. The summed E-state index contributed by atoms with van der Waals surface area (Å²) < 4.78 is 0. The van der Waals surface area contributed by atoms with E-state index in [9.17, 15) is 4.79 Å². The number of carbonyl (C=O) groups excluding carboxylic acids is 1. The van der Waals surface area contributed by atoms with Crippen LogP contribution in [0.25, 0.3) is 0 Å². The number of hydrogen-bond donors (Lipinski definition) is 2. The van der Waals surface area contributed by atoms with E-state index in [0.717, 1.165) is 25.9 Å². The molecule has 4 heteroatoms. The Morgan fingerprint density at radius 2 is 2.19 bits per heavy atom. The molecule has 0 aromatic heterocycles. The monoisotopic (exact) mass is 246 g/mol. The Labute approximate surface area is 104 Å². The summed E-state index contributed by atoms with van der Waals surface area (Å²) in [6.45, 7) is 6.26. The smallest absolute Gasteiger partial charge is 0.224 e. The molecular weight excluding hydrogens is 224 g/mol. The zero-order valence-electron chi connectivity index (χ0n) is 10.2. The number of nitrogens with one attached hydrogen (secondary N) is 2. The maximum atomic E-state index is 11.9. The highest BCUT2D eigenvalue weighted by Gasteiger charge is 2.38. The lowest BCUT2D eigenvalue weighted by atomic mass is 9.97. The minimum atomic E-state index is 0. The first-order valence-electron chi connectivity index (χ1n) is 6.16. The minimum absolute atomic E-state index is 0. The van der Waals surface area contributed by atoms with Crippen molar-refractivity contribution in [3.05, 3.63) is 0 Å². The molecule has 94 valence electrons. The predicted octanol–water partition coefficient (Wildman–Crippen LogP) is 1.71. The van der Waals surface area contributed by atoms with E-state index in [1.54, 1.807) is 0 Å². The molecule has 2 unspecified atom stereocenters. The molecule has 2 aliphatic rings. The average Bonchev–Trinajstić information content (AvgIpc) is 2.81. The fraction of sp³-hybridized carbons (Fsp3) is 0.917. The molecule has 1 saturated heterocycles. The molecule has 0 aromatic carbocycles. The van der Waals surface area contributed by atoms with E-state index in [4.69, 9.17) is 0 Å². The van der Waals surface area contributed by atoms with E-state index in [2.05, 4.69) is 24.5 Å². The summed E-state index contributed by atoms with van der Waals surface area (Å²) in [6.07, 6.45) is 4.59. The summed E-state index contributed by atoms with van der Waals surface area (Å²) in [4.78, 5) is 11.9. The Bertz CT molecular complexity index is 253. The molecule has 1 heterocycles. The number of rotatable bonds is 4. The van der Waals surface area contributed by atoms with Crippen LogP contribution in [0, 0.1) is 11.3 Å². The molecule has 2 rings (SSSR count). The molecule has 2 N–H and O–H groups in total. The Morgan fingerprint density at radius 3 is 2.75 bits per heavy atom. The second kappa shape index (κ2) is 5.37. The van der Waals surface area contributed by atoms with E-state index in [1.165, 1.54) is 12.8 Å². The number of amides is 1. The van der Waals surface area contributed by atoms with Crippen LogP contribution in [0.3, 0.4) is 0 Å². The van der Waals surface area contributed by atoms with Crippen molar-refractivity contribution < 1.29 is 4.79 Å². The number of hydrogen-bond acceptors (Lipinski definition) is 2. The molecule has 1 aliphatic heterocycles. The fourth-order valence-corrected chi connectivity index (χ4v) is 2.33. The first-order chi connectivity index (χ1) is 7.14. The molecule has 1 saturated carbocycles. The Hall–Kier alpha value is -0.280. The molecule has 1 aliphatic carbocycles. The SMILES string of the molecule is CCC1NCCC1C(=O)NCC1(C)CC1.Cl. The van der Waals surface area contributed by atoms with Gasteiger partial charge in [0.25, 0.3) is 0 Å². The predicted molar refractivity (Wildman–Crippen MR) is 67.8 cm³/mol. The first kappa shape index (κ1) is 13.8. The molecule has 0 radical (unpaired) electrons. The van der Waals surface area contributed by atoms with Gasteiger partial charge in [-0.05, 0) is 37.6 Å².